The highest BCUT2D eigenvalue weighted by molar-refractivity contribution is 6.39. The topological polar surface area (TPSA) is 103 Å². The van der Waals surface area contributed by atoms with Gasteiger partial charge in [-0.05, 0) is 60.2 Å². The van der Waals surface area contributed by atoms with Gasteiger partial charge in [0.25, 0.3) is 11.8 Å². The number of carbonyl (C=O) groups is 3. The summed E-state index contributed by atoms with van der Waals surface area (Å²) in [7, 11) is 3.06. The van der Waals surface area contributed by atoms with E-state index >= 15 is 0 Å². The molecule has 0 aromatic heterocycles. The number of hydrogen-bond donors (Lipinski definition) is 1. The van der Waals surface area contributed by atoms with Crippen molar-refractivity contribution in [2.45, 2.75) is 0 Å². The molecule has 1 aliphatic rings. The van der Waals surface area contributed by atoms with Gasteiger partial charge in [0.15, 0.2) is 11.5 Å². The molecule has 1 aliphatic heterocycles. The Morgan fingerprint density at radius 2 is 1.57 bits per heavy atom. The van der Waals surface area contributed by atoms with Gasteiger partial charge in [-0.1, -0.05) is 23.7 Å². The molecule has 4 rings (SSSR count). The molecule has 3 aromatic carbocycles. The number of carbonyl (C=O) groups excluding carboxylic acids is 3. The lowest BCUT2D eigenvalue weighted by atomic mass is 10.1. The molecule has 0 bridgehead atoms. The maximum atomic E-state index is 13.1. The van der Waals surface area contributed by atoms with E-state index in [-0.39, 0.29) is 24.5 Å². The van der Waals surface area contributed by atoms with Crippen molar-refractivity contribution in [3.05, 3.63) is 82.9 Å². The second kappa shape index (κ2) is 11.5. The van der Waals surface area contributed by atoms with E-state index in [2.05, 4.69) is 5.32 Å². The third-order valence-electron chi connectivity index (χ3n) is 5.34. The van der Waals surface area contributed by atoms with Crippen molar-refractivity contribution in [3.63, 3.8) is 0 Å². The lowest BCUT2D eigenvalue weighted by molar-refractivity contribution is -0.122. The van der Waals surface area contributed by atoms with Gasteiger partial charge in [0.2, 0.25) is 0 Å². The number of urea groups is 1. The van der Waals surface area contributed by atoms with E-state index in [9.17, 15) is 14.4 Å². The minimum atomic E-state index is -0.841. The van der Waals surface area contributed by atoms with E-state index in [1.807, 2.05) is 18.2 Å². The van der Waals surface area contributed by atoms with Gasteiger partial charge in [-0.3, -0.25) is 14.9 Å². The second-order valence-electron chi connectivity index (χ2n) is 7.72. The number of methoxy groups -OCH3 is 2. The van der Waals surface area contributed by atoms with Crippen LogP contribution in [0, 0.1) is 0 Å². The highest BCUT2D eigenvalue weighted by Gasteiger charge is 2.36. The third kappa shape index (κ3) is 6.02. The Labute approximate surface area is 218 Å². The van der Waals surface area contributed by atoms with Crippen LogP contribution in [-0.2, 0) is 9.59 Å². The molecule has 0 radical (unpaired) electrons. The van der Waals surface area contributed by atoms with Crippen molar-refractivity contribution in [3.8, 4) is 23.0 Å². The van der Waals surface area contributed by atoms with Crippen LogP contribution in [0.2, 0.25) is 5.02 Å². The smallest absolute Gasteiger partial charge is 0.335 e. The Hall–Kier alpha value is -4.50. The highest BCUT2D eigenvalue weighted by atomic mass is 35.5. The van der Waals surface area contributed by atoms with Crippen LogP contribution in [0.5, 0.6) is 23.0 Å². The minimum Gasteiger partial charge on any atom is -0.497 e. The SMILES string of the molecule is COc1cccc(OCCOc2ccc(C=C3C(=O)NC(=O)N(c4ccc(Cl)cc4)C3=O)cc2OC)c1. The molecule has 0 atom stereocenters. The lowest BCUT2D eigenvalue weighted by Gasteiger charge is -2.26. The van der Waals surface area contributed by atoms with Gasteiger partial charge in [0, 0.05) is 11.1 Å². The summed E-state index contributed by atoms with van der Waals surface area (Å²) in [6, 6.07) is 17.5. The molecule has 1 saturated heterocycles. The number of imide groups is 2. The molecular formula is C27H23ClN2O7. The Kier molecular flexibility index (Phi) is 7.95. The van der Waals surface area contributed by atoms with Crippen molar-refractivity contribution in [1.29, 1.82) is 0 Å². The molecule has 190 valence electrons. The van der Waals surface area contributed by atoms with Gasteiger partial charge < -0.3 is 18.9 Å². The number of anilines is 1. The first-order valence-corrected chi connectivity index (χ1v) is 11.5. The molecule has 0 spiro atoms. The second-order valence-corrected chi connectivity index (χ2v) is 8.16. The van der Waals surface area contributed by atoms with E-state index in [4.69, 9.17) is 30.5 Å². The van der Waals surface area contributed by atoms with Crippen molar-refractivity contribution in [2.75, 3.05) is 32.3 Å². The Morgan fingerprint density at radius 1 is 0.838 bits per heavy atom. The predicted molar refractivity (Wildman–Crippen MR) is 137 cm³/mol. The Balaban J connectivity index is 1.46. The molecule has 0 unspecified atom stereocenters. The summed E-state index contributed by atoms with van der Waals surface area (Å²) in [5.74, 6) is 0.634. The maximum Gasteiger partial charge on any atom is 0.335 e. The van der Waals surface area contributed by atoms with Crippen LogP contribution in [0.4, 0.5) is 10.5 Å². The lowest BCUT2D eigenvalue weighted by Crippen LogP contribution is -2.54. The summed E-state index contributed by atoms with van der Waals surface area (Å²) < 4.78 is 22.1. The molecule has 3 aromatic rings. The molecule has 0 saturated carbocycles. The highest BCUT2D eigenvalue weighted by Crippen LogP contribution is 2.30. The average Bonchev–Trinajstić information content (AvgIpc) is 2.90. The van der Waals surface area contributed by atoms with E-state index in [1.165, 1.54) is 25.3 Å². The summed E-state index contributed by atoms with van der Waals surface area (Å²) in [5.41, 5.74) is 0.570. The van der Waals surface area contributed by atoms with E-state index in [0.717, 1.165) is 4.90 Å². The molecule has 4 amide bonds. The van der Waals surface area contributed by atoms with Crippen LogP contribution >= 0.6 is 11.6 Å². The molecule has 1 N–H and O–H groups in total. The number of halogens is 1. The number of ether oxygens (including phenoxy) is 4. The number of barbiturate groups is 1. The molecular weight excluding hydrogens is 500 g/mol. The fourth-order valence-corrected chi connectivity index (χ4v) is 3.67. The molecule has 1 fully saturated rings. The minimum absolute atomic E-state index is 0.211. The summed E-state index contributed by atoms with van der Waals surface area (Å²) in [6.45, 7) is 0.526. The van der Waals surface area contributed by atoms with E-state index < -0.39 is 17.8 Å². The van der Waals surface area contributed by atoms with E-state index in [0.29, 0.717) is 33.6 Å². The van der Waals surface area contributed by atoms with Crippen LogP contribution in [0.25, 0.3) is 6.08 Å². The number of rotatable bonds is 9. The monoisotopic (exact) mass is 522 g/mol. The zero-order valence-corrected chi connectivity index (χ0v) is 20.8. The fraction of sp³-hybridized carbons (Fsp3) is 0.148. The van der Waals surface area contributed by atoms with Crippen molar-refractivity contribution in [2.24, 2.45) is 0 Å². The number of benzene rings is 3. The number of amides is 4. The molecule has 10 heteroatoms. The molecule has 1 heterocycles. The van der Waals surface area contributed by atoms with E-state index in [1.54, 1.807) is 43.5 Å². The quantitative estimate of drug-likeness (QED) is 0.251. The van der Waals surface area contributed by atoms with Crippen LogP contribution in [0.1, 0.15) is 5.56 Å². The first-order valence-electron chi connectivity index (χ1n) is 11.1. The van der Waals surface area contributed by atoms with Crippen LogP contribution in [0.15, 0.2) is 72.3 Å². The van der Waals surface area contributed by atoms with Gasteiger partial charge in [0.05, 0.1) is 19.9 Å². The van der Waals surface area contributed by atoms with Crippen molar-refractivity contribution in [1.82, 2.24) is 5.32 Å². The summed E-state index contributed by atoms with van der Waals surface area (Å²) in [5, 5.41) is 2.63. The number of hydrogen-bond acceptors (Lipinski definition) is 7. The van der Waals surface area contributed by atoms with Crippen molar-refractivity contribution >= 4 is 41.2 Å². The summed E-state index contributed by atoms with van der Waals surface area (Å²) >= 11 is 5.90. The molecule has 37 heavy (non-hydrogen) atoms. The summed E-state index contributed by atoms with van der Waals surface area (Å²) in [6.07, 6.45) is 1.38. The fourth-order valence-electron chi connectivity index (χ4n) is 3.54. The van der Waals surface area contributed by atoms with Gasteiger partial charge >= 0.3 is 6.03 Å². The third-order valence-corrected chi connectivity index (χ3v) is 5.59. The van der Waals surface area contributed by atoms with Gasteiger partial charge in [0.1, 0.15) is 30.3 Å². The van der Waals surface area contributed by atoms with Crippen LogP contribution < -0.4 is 29.2 Å². The zero-order chi connectivity index (χ0) is 26.4. The average molecular weight is 523 g/mol. The molecule has 9 nitrogen and oxygen atoms in total. The number of nitrogens with zero attached hydrogens (tertiary/aromatic N) is 1. The van der Waals surface area contributed by atoms with Gasteiger partial charge in [-0.15, -0.1) is 0 Å². The first-order chi connectivity index (χ1) is 17.9. The van der Waals surface area contributed by atoms with Crippen molar-refractivity contribution < 1.29 is 33.3 Å². The van der Waals surface area contributed by atoms with Gasteiger partial charge in [-0.25, -0.2) is 9.69 Å². The zero-order valence-electron chi connectivity index (χ0n) is 20.0. The van der Waals surface area contributed by atoms with Crippen LogP contribution in [-0.4, -0.2) is 45.3 Å². The first kappa shape index (κ1) is 25.6. The normalized spacial score (nSPS) is 14.4. The Bertz CT molecular complexity index is 1360. The standard InChI is InChI=1S/C27H23ClN2O7/c1-34-20-4-3-5-21(16-20)36-12-13-37-23-11-6-17(15-24(23)35-2)14-22-25(31)29-27(33)30(26(22)32)19-9-7-18(28)8-10-19/h3-11,14-16H,12-13H2,1-2H3,(H,29,31,33). The predicted octanol–water partition coefficient (Wildman–Crippen LogP) is 4.48. The maximum absolute atomic E-state index is 13.1. The van der Waals surface area contributed by atoms with Crippen LogP contribution in [0.3, 0.4) is 0 Å². The largest absolute Gasteiger partial charge is 0.497 e. The summed E-state index contributed by atoms with van der Waals surface area (Å²) in [4.78, 5) is 38.7. The number of nitrogens with one attached hydrogen (secondary N) is 1. The Morgan fingerprint density at radius 3 is 2.30 bits per heavy atom. The van der Waals surface area contributed by atoms with Gasteiger partial charge in [-0.2, -0.15) is 0 Å². The molecule has 0 aliphatic carbocycles.